The van der Waals surface area contributed by atoms with E-state index in [9.17, 15) is 0 Å². The third-order valence-electron chi connectivity index (χ3n) is 6.10. The van der Waals surface area contributed by atoms with Gasteiger partial charge in [-0.1, -0.05) is 91.5 Å². The molecule has 3 rings (SSSR count). The lowest BCUT2D eigenvalue weighted by molar-refractivity contribution is 0.308. The van der Waals surface area contributed by atoms with E-state index in [2.05, 4.69) is 53.7 Å². The van der Waals surface area contributed by atoms with Gasteiger partial charge in [-0.2, -0.15) is 0 Å². The number of allylic oxidation sites excluding steroid dienone is 4. The number of rotatable bonds is 0. The van der Waals surface area contributed by atoms with Gasteiger partial charge in [0.25, 0.3) is 0 Å². The van der Waals surface area contributed by atoms with Crippen LogP contribution >= 0.6 is 0 Å². The molecular weight excluding hydrogens is 312 g/mol. The summed E-state index contributed by atoms with van der Waals surface area (Å²) in [7, 11) is 0. The van der Waals surface area contributed by atoms with Crippen molar-refractivity contribution in [3.05, 3.63) is 23.3 Å². The first-order chi connectivity index (χ1) is 11.4. The molecule has 0 aromatic carbocycles. The molecule has 0 amide bonds. The molecule has 3 aliphatic carbocycles. The van der Waals surface area contributed by atoms with Crippen molar-refractivity contribution in [1.82, 2.24) is 0 Å². The lowest BCUT2D eigenvalue weighted by Crippen LogP contribution is -2.08. The highest BCUT2D eigenvalue weighted by atomic mass is 14.2. The van der Waals surface area contributed by atoms with Crippen molar-refractivity contribution in [2.24, 2.45) is 23.7 Å². The van der Waals surface area contributed by atoms with E-state index in [0.29, 0.717) is 0 Å². The summed E-state index contributed by atoms with van der Waals surface area (Å²) in [6.07, 6.45) is 18.7. The molecule has 1 fully saturated rings. The van der Waals surface area contributed by atoms with Crippen molar-refractivity contribution in [3.8, 4) is 0 Å². The van der Waals surface area contributed by atoms with E-state index in [-0.39, 0.29) is 14.9 Å². The predicted molar refractivity (Wildman–Crippen MR) is 124 cm³/mol. The standard InChI is InChI=1S/C8H16.2C8H14.2CH4/c3*1-7-3-5-8(2)6-4-7;;/h7-8H,3-6H2,1-2H3;2*3,8H,4-6H2,1-2H3;2*1H4. The Bertz CT molecular complexity index is 341. The Labute approximate surface area is 167 Å². The maximum Gasteiger partial charge on any atom is -0.0320 e. The fourth-order valence-corrected chi connectivity index (χ4v) is 3.62. The number of hydrogen-bond acceptors (Lipinski definition) is 0. The highest BCUT2D eigenvalue weighted by Crippen LogP contribution is 2.27. The van der Waals surface area contributed by atoms with Gasteiger partial charge in [-0.15, -0.1) is 0 Å². The van der Waals surface area contributed by atoms with Gasteiger partial charge in [-0.3, -0.25) is 0 Å². The molecule has 0 spiro atoms. The summed E-state index contributed by atoms with van der Waals surface area (Å²) in [5.41, 5.74) is 3.17. The second kappa shape index (κ2) is 15.5. The molecule has 3 aliphatic rings. The SMILES string of the molecule is C.C.CC1=CCC(C)CC1.CC1=CCC(C)CC1.CC1CCC(C)CC1. The minimum absolute atomic E-state index is 0. The smallest absolute Gasteiger partial charge is 0.0320 e. The molecular formula is C26H52. The van der Waals surface area contributed by atoms with Crippen LogP contribution in [0.3, 0.4) is 0 Å². The fraction of sp³-hybridized carbons (Fsp3) is 0.846. The van der Waals surface area contributed by atoms with Gasteiger partial charge in [0.05, 0.1) is 0 Å². The molecule has 0 N–H and O–H groups in total. The first-order valence-electron chi connectivity index (χ1n) is 10.7. The molecule has 0 heteroatoms. The van der Waals surface area contributed by atoms with Crippen LogP contribution in [-0.2, 0) is 0 Å². The third kappa shape index (κ3) is 13.7. The Kier molecular flexibility index (Phi) is 16.5. The highest BCUT2D eigenvalue weighted by molar-refractivity contribution is 5.02. The second-order valence-corrected chi connectivity index (χ2v) is 9.23. The van der Waals surface area contributed by atoms with Gasteiger partial charge in [-0.25, -0.2) is 0 Å². The zero-order valence-electron chi connectivity index (χ0n) is 17.5. The van der Waals surface area contributed by atoms with E-state index in [0.717, 1.165) is 23.7 Å². The molecule has 0 saturated heterocycles. The van der Waals surface area contributed by atoms with Crippen molar-refractivity contribution in [2.75, 3.05) is 0 Å². The zero-order valence-corrected chi connectivity index (χ0v) is 17.5. The summed E-state index contributed by atoms with van der Waals surface area (Å²) < 4.78 is 0. The van der Waals surface area contributed by atoms with Crippen LogP contribution in [0, 0.1) is 23.7 Å². The van der Waals surface area contributed by atoms with Crippen LogP contribution in [0.5, 0.6) is 0 Å². The Morgan fingerprint density at radius 1 is 0.538 bits per heavy atom. The molecule has 2 unspecified atom stereocenters. The summed E-state index contributed by atoms with van der Waals surface area (Å²) in [5, 5.41) is 0. The van der Waals surface area contributed by atoms with Crippen LogP contribution in [0.2, 0.25) is 0 Å². The van der Waals surface area contributed by atoms with Gasteiger partial charge in [0.15, 0.2) is 0 Å². The zero-order chi connectivity index (χ0) is 17.9. The molecule has 26 heavy (non-hydrogen) atoms. The molecule has 0 aromatic heterocycles. The maximum atomic E-state index is 2.37. The predicted octanol–water partition coefficient (Wildman–Crippen LogP) is 9.61. The van der Waals surface area contributed by atoms with Gasteiger partial charge >= 0.3 is 0 Å². The van der Waals surface area contributed by atoms with Crippen molar-refractivity contribution in [2.45, 2.75) is 121 Å². The van der Waals surface area contributed by atoms with Gasteiger partial charge in [0, 0.05) is 0 Å². The topological polar surface area (TPSA) is 0 Å². The van der Waals surface area contributed by atoms with Crippen molar-refractivity contribution in [3.63, 3.8) is 0 Å². The van der Waals surface area contributed by atoms with E-state index >= 15 is 0 Å². The van der Waals surface area contributed by atoms with E-state index in [1.54, 1.807) is 11.1 Å². The Morgan fingerprint density at radius 3 is 1.04 bits per heavy atom. The molecule has 1 saturated carbocycles. The van der Waals surface area contributed by atoms with Crippen LogP contribution in [-0.4, -0.2) is 0 Å². The minimum Gasteiger partial charge on any atom is -0.0853 e. The third-order valence-corrected chi connectivity index (χ3v) is 6.10. The Balaban J connectivity index is 0. The van der Waals surface area contributed by atoms with Crippen molar-refractivity contribution >= 4 is 0 Å². The first-order valence-corrected chi connectivity index (χ1v) is 10.7. The molecule has 0 radical (unpaired) electrons. The van der Waals surface area contributed by atoms with E-state index in [1.807, 2.05) is 0 Å². The van der Waals surface area contributed by atoms with Gasteiger partial charge in [0.2, 0.25) is 0 Å². The van der Waals surface area contributed by atoms with Crippen LogP contribution in [0.1, 0.15) is 121 Å². The van der Waals surface area contributed by atoms with Crippen LogP contribution in [0.4, 0.5) is 0 Å². The van der Waals surface area contributed by atoms with E-state index in [1.165, 1.54) is 64.2 Å². The van der Waals surface area contributed by atoms with Crippen LogP contribution < -0.4 is 0 Å². The van der Waals surface area contributed by atoms with Gasteiger partial charge < -0.3 is 0 Å². The van der Waals surface area contributed by atoms with Crippen molar-refractivity contribution in [1.29, 1.82) is 0 Å². The summed E-state index contributed by atoms with van der Waals surface area (Å²) in [6, 6.07) is 0. The van der Waals surface area contributed by atoms with Crippen LogP contribution in [0.15, 0.2) is 23.3 Å². The van der Waals surface area contributed by atoms with E-state index < -0.39 is 0 Å². The molecule has 0 nitrogen and oxygen atoms in total. The molecule has 0 aromatic rings. The van der Waals surface area contributed by atoms with E-state index in [4.69, 9.17) is 0 Å². The first kappa shape index (κ1) is 27.7. The normalized spacial score (nSPS) is 30.5. The fourth-order valence-electron chi connectivity index (χ4n) is 3.62. The summed E-state index contributed by atoms with van der Waals surface area (Å²) in [5.74, 6) is 3.93. The second-order valence-electron chi connectivity index (χ2n) is 9.23. The average Bonchev–Trinajstić information content (AvgIpc) is 2.57. The van der Waals surface area contributed by atoms with Gasteiger partial charge in [-0.05, 0) is 76.0 Å². The molecule has 0 bridgehead atoms. The lowest BCUT2D eigenvalue weighted by atomic mass is 9.84. The Morgan fingerprint density at radius 2 is 0.846 bits per heavy atom. The van der Waals surface area contributed by atoms with Crippen LogP contribution in [0.25, 0.3) is 0 Å². The quantitative estimate of drug-likeness (QED) is 0.375. The maximum absolute atomic E-state index is 2.37. The molecule has 0 aliphatic heterocycles. The highest BCUT2D eigenvalue weighted by Gasteiger charge is 2.13. The monoisotopic (exact) mass is 364 g/mol. The van der Waals surface area contributed by atoms with Crippen molar-refractivity contribution < 1.29 is 0 Å². The van der Waals surface area contributed by atoms with Gasteiger partial charge in [0.1, 0.15) is 0 Å². The Hall–Kier alpha value is -0.520. The summed E-state index contributed by atoms with van der Waals surface area (Å²) in [4.78, 5) is 0. The average molecular weight is 365 g/mol. The molecule has 156 valence electrons. The lowest BCUT2D eigenvalue weighted by Gasteiger charge is -2.22. The summed E-state index contributed by atoms with van der Waals surface area (Å²) >= 11 is 0. The molecule has 0 heterocycles. The minimum atomic E-state index is 0. The number of hydrogen-bond donors (Lipinski definition) is 0. The summed E-state index contributed by atoms with van der Waals surface area (Å²) in [6.45, 7) is 13.8. The molecule has 2 atom stereocenters. The largest absolute Gasteiger partial charge is 0.0853 e.